The number of methoxy groups -OCH3 is 1. The van der Waals surface area contributed by atoms with Crippen LogP contribution in [0.2, 0.25) is 0 Å². The Morgan fingerprint density at radius 3 is 2.59 bits per heavy atom. The molecule has 0 spiro atoms. The van der Waals surface area contributed by atoms with Gasteiger partial charge in [0.2, 0.25) is 10.0 Å². The molecule has 2 saturated carbocycles. The number of hydrogen-bond donors (Lipinski definition) is 1. The number of esters is 1. The van der Waals surface area contributed by atoms with Crippen LogP contribution >= 0.6 is 0 Å². The van der Waals surface area contributed by atoms with E-state index in [0.29, 0.717) is 18.4 Å². The first-order valence-corrected chi connectivity index (χ1v) is 9.14. The molecule has 2 fully saturated rings. The first kappa shape index (κ1) is 15.5. The summed E-state index contributed by atoms with van der Waals surface area (Å²) in [4.78, 5) is 12.3. The van der Waals surface area contributed by atoms with Gasteiger partial charge >= 0.3 is 5.97 Å². The molecule has 6 heteroatoms. The molecule has 2 aliphatic carbocycles. The van der Waals surface area contributed by atoms with Gasteiger partial charge in [-0.3, -0.25) is 4.79 Å². The van der Waals surface area contributed by atoms with E-state index in [4.69, 9.17) is 4.74 Å². The molecule has 4 atom stereocenters. The summed E-state index contributed by atoms with van der Waals surface area (Å²) in [6, 6.07) is 8.32. The maximum absolute atomic E-state index is 12.3. The van der Waals surface area contributed by atoms with Crippen molar-refractivity contribution in [3.63, 3.8) is 0 Å². The Bertz CT molecular complexity index is 643. The summed E-state index contributed by atoms with van der Waals surface area (Å²) in [5.41, 5.74) is 0. The van der Waals surface area contributed by atoms with Crippen molar-refractivity contribution in [3.8, 4) is 0 Å². The lowest BCUT2D eigenvalue weighted by Crippen LogP contribution is -2.39. The van der Waals surface area contributed by atoms with Gasteiger partial charge in [-0.25, -0.2) is 13.1 Å². The minimum atomic E-state index is -3.52. The van der Waals surface area contributed by atoms with E-state index >= 15 is 0 Å². The molecule has 3 rings (SSSR count). The first-order valence-electron chi connectivity index (χ1n) is 7.65. The van der Waals surface area contributed by atoms with E-state index in [1.165, 1.54) is 7.11 Å². The lowest BCUT2D eigenvalue weighted by molar-refractivity contribution is -0.149. The Morgan fingerprint density at radius 1 is 1.23 bits per heavy atom. The lowest BCUT2D eigenvalue weighted by atomic mass is 9.79. The Morgan fingerprint density at radius 2 is 1.91 bits per heavy atom. The summed E-state index contributed by atoms with van der Waals surface area (Å²) in [7, 11) is -2.12. The van der Waals surface area contributed by atoms with Gasteiger partial charge in [0.1, 0.15) is 0 Å². The van der Waals surface area contributed by atoms with Crippen LogP contribution in [-0.2, 0) is 19.6 Å². The Balaban J connectivity index is 1.71. The molecule has 0 radical (unpaired) electrons. The maximum Gasteiger partial charge on any atom is 0.309 e. The molecule has 1 aromatic rings. The molecule has 0 amide bonds. The van der Waals surface area contributed by atoms with E-state index in [-0.39, 0.29) is 22.7 Å². The van der Waals surface area contributed by atoms with Gasteiger partial charge in [0.25, 0.3) is 0 Å². The Labute approximate surface area is 131 Å². The van der Waals surface area contributed by atoms with Gasteiger partial charge in [0.15, 0.2) is 0 Å². The number of carbonyl (C=O) groups excluding carboxylic acids is 1. The maximum atomic E-state index is 12.3. The summed E-state index contributed by atoms with van der Waals surface area (Å²) < 4.78 is 32.2. The van der Waals surface area contributed by atoms with Crippen molar-refractivity contribution in [2.75, 3.05) is 13.7 Å². The van der Waals surface area contributed by atoms with Crippen LogP contribution in [-0.4, -0.2) is 28.0 Å². The highest BCUT2D eigenvalue weighted by Crippen LogP contribution is 2.52. The third-order valence-electron chi connectivity index (χ3n) is 5.12. The molecule has 22 heavy (non-hydrogen) atoms. The largest absolute Gasteiger partial charge is 0.469 e. The van der Waals surface area contributed by atoms with E-state index < -0.39 is 10.0 Å². The second-order valence-corrected chi connectivity index (χ2v) is 7.98. The highest BCUT2D eigenvalue weighted by atomic mass is 32.2. The number of rotatable bonds is 5. The van der Waals surface area contributed by atoms with Crippen LogP contribution in [0.1, 0.15) is 19.3 Å². The normalized spacial score (nSPS) is 30.4. The van der Waals surface area contributed by atoms with Crippen LogP contribution in [0, 0.1) is 23.7 Å². The first-order chi connectivity index (χ1) is 10.5. The predicted molar refractivity (Wildman–Crippen MR) is 81.5 cm³/mol. The standard InChI is InChI=1S/C16H21NO4S/c1-21-16(18)15-12-8-7-11(9-12)14(15)10-17-22(19,20)13-5-3-2-4-6-13/h2-6,11-12,14-15,17H,7-10H2,1H3. The zero-order valence-electron chi connectivity index (χ0n) is 12.6. The molecule has 4 unspecified atom stereocenters. The number of benzene rings is 1. The van der Waals surface area contributed by atoms with Crippen molar-refractivity contribution in [3.05, 3.63) is 30.3 Å². The molecule has 2 aliphatic rings. The third kappa shape index (κ3) is 2.77. The van der Waals surface area contributed by atoms with Crippen molar-refractivity contribution in [1.82, 2.24) is 4.72 Å². The van der Waals surface area contributed by atoms with Crippen molar-refractivity contribution >= 4 is 16.0 Å². The fraction of sp³-hybridized carbons (Fsp3) is 0.562. The van der Waals surface area contributed by atoms with E-state index in [9.17, 15) is 13.2 Å². The van der Waals surface area contributed by atoms with Crippen molar-refractivity contribution in [2.24, 2.45) is 23.7 Å². The molecule has 0 aliphatic heterocycles. The summed E-state index contributed by atoms with van der Waals surface area (Å²) in [6.07, 6.45) is 3.14. The molecule has 0 heterocycles. The average Bonchev–Trinajstić information content (AvgIpc) is 3.14. The van der Waals surface area contributed by atoms with E-state index in [1.807, 2.05) is 0 Å². The molecule has 1 N–H and O–H groups in total. The van der Waals surface area contributed by atoms with Gasteiger partial charge in [0, 0.05) is 6.54 Å². The number of hydrogen-bond acceptors (Lipinski definition) is 4. The molecule has 1 aromatic carbocycles. The predicted octanol–water partition coefficient (Wildman–Crippen LogP) is 1.80. The lowest BCUT2D eigenvalue weighted by Gasteiger charge is -2.29. The summed E-state index contributed by atoms with van der Waals surface area (Å²) in [5.74, 6) is 0.458. The van der Waals surface area contributed by atoms with Gasteiger partial charge in [-0.1, -0.05) is 18.2 Å². The number of fused-ring (bicyclic) bond motifs is 2. The Kier molecular flexibility index (Phi) is 4.23. The number of sulfonamides is 1. The fourth-order valence-corrected chi connectivity index (χ4v) is 5.19. The van der Waals surface area contributed by atoms with Crippen LogP contribution in [0.5, 0.6) is 0 Å². The van der Waals surface area contributed by atoms with Crippen LogP contribution in [0.15, 0.2) is 35.2 Å². The van der Waals surface area contributed by atoms with Crippen molar-refractivity contribution in [2.45, 2.75) is 24.2 Å². The van der Waals surface area contributed by atoms with Gasteiger partial charge in [-0.05, 0) is 49.1 Å². The molecule has 5 nitrogen and oxygen atoms in total. The summed E-state index contributed by atoms with van der Waals surface area (Å²) in [5, 5.41) is 0. The summed E-state index contributed by atoms with van der Waals surface area (Å²) >= 11 is 0. The van der Waals surface area contributed by atoms with Gasteiger partial charge in [0.05, 0.1) is 17.9 Å². The van der Waals surface area contributed by atoms with Crippen LogP contribution in [0.3, 0.4) is 0 Å². The minimum absolute atomic E-state index is 0.0460. The van der Waals surface area contributed by atoms with Gasteiger partial charge in [-0.15, -0.1) is 0 Å². The van der Waals surface area contributed by atoms with E-state index in [2.05, 4.69) is 4.72 Å². The zero-order chi connectivity index (χ0) is 15.7. The van der Waals surface area contributed by atoms with Crippen molar-refractivity contribution in [1.29, 1.82) is 0 Å². The second kappa shape index (κ2) is 6.01. The monoisotopic (exact) mass is 323 g/mol. The van der Waals surface area contributed by atoms with Crippen molar-refractivity contribution < 1.29 is 17.9 Å². The minimum Gasteiger partial charge on any atom is -0.469 e. The molecule has 120 valence electrons. The number of carbonyl (C=O) groups is 1. The van der Waals surface area contributed by atoms with E-state index in [1.54, 1.807) is 30.3 Å². The molecule has 2 bridgehead atoms. The SMILES string of the molecule is COC(=O)C1C2CCC(C2)C1CNS(=O)(=O)c1ccccc1. The van der Waals surface area contributed by atoms with Crippen LogP contribution in [0.4, 0.5) is 0 Å². The Hall–Kier alpha value is -1.40. The topological polar surface area (TPSA) is 72.5 Å². The van der Waals surface area contributed by atoms with Gasteiger partial charge < -0.3 is 4.74 Å². The van der Waals surface area contributed by atoms with Gasteiger partial charge in [-0.2, -0.15) is 0 Å². The average molecular weight is 323 g/mol. The fourth-order valence-electron chi connectivity index (χ4n) is 4.10. The smallest absolute Gasteiger partial charge is 0.309 e. The highest BCUT2D eigenvalue weighted by molar-refractivity contribution is 7.89. The highest BCUT2D eigenvalue weighted by Gasteiger charge is 2.51. The molecular weight excluding hydrogens is 302 g/mol. The quantitative estimate of drug-likeness (QED) is 0.839. The van der Waals surface area contributed by atoms with Crippen LogP contribution < -0.4 is 4.72 Å². The number of ether oxygens (including phenoxy) is 1. The second-order valence-electron chi connectivity index (χ2n) is 6.21. The molecular formula is C16H21NO4S. The van der Waals surface area contributed by atoms with Crippen LogP contribution in [0.25, 0.3) is 0 Å². The molecule has 0 aromatic heterocycles. The van der Waals surface area contributed by atoms with E-state index in [0.717, 1.165) is 19.3 Å². The molecule has 0 saturated heterocycles. The third-order valence-corrected chi connectivity index (χ3v) is 6.56. The summed E-state index contributed by atoms with van der Waals surface area (Å²) in [6.45, 7) is 0.304. The number of nitrogens with one attached hydrogen (secondary N) is 1. The zero-order valence-corrected chi connectivity index (χ0v) is 13.4.